The van der Waals surface area contributed by atoms with Crippen molar-refractivity contribution in [3.05, 3.63) is 47.5 Å². The molecule has 0 spiro atoms. The molecule has 2 amide bonds. The Kier molecular flexibility index (Phi) is 4.92. The molecule has 3 aliphatic rings. The van der Waals surface area contributed by atoms with Crippen LogP contribution in [0.3, 0.4) is 0 Å². The lowest BCUT2D eigenvalue weighted by Gasteiger charge is -2.31. The van der Waals surface area contributed by atoms with Crippen LogP contribution in [0.25, 0.3) is 0 Å². The Labute approximate surface area is 155 Å². The summed E-state index contributed by atoms with van der Waals surface area (Å²) in [6, 6.07) is 8.60. The maximum absolute atomic E-state index is 12.6. The fourth-order valence-electron chi connectivity index (χ4n) is 4.62. The van der Waals surface area contributed by atoms with Crippen LogP contribution in [0.4, 0.5) is 0 Å². The molecule has 2 N–H and O–H groups in total. The second kappa shape index (κ2) is 7.33. The average Bonchev–Trinajstić information content (AvgIpc) is 2.90. The Morgan fingerprint density at radius 2 is 1.50 bits per heavy atom. The fourth-order valence-corrected chi connectivity index (χ4v) is 4.62. The van der Waals surface area contributed by atoms with E-state index in [9.17, 15) is 9.59 Å². The molecule has 26 heavy (non-hydrogen) atoms. The van der Waals surface area contributed by atoms with Gasteiger partial charge in [-0.3, -0.25) is 9.59 Å². The number of nitrogens with zero attached hydrogens (tertiary/aromatic N) is 1. The molecule has 1 aliphatic carbocycles. The van der Waals surface area contributed by atoms with Gasteiger partial charge < -0.3 is 9.80 Å². The first kappa shape index (κ1) is 17.4. The summed E-state index contributed by atoms with van der Waals surface area (Å²) in [4.78, 5) is 29.8. The number of amides is 2. The first-order valence-electron chi connectivity index (χ1n) is 9.85. The van der Waals surface area contributed by atoms with E-state index >= 15 is 0 Å². The number of hydrogen-bond acceptors (Lipinski definition) is 2. The Morgan fingerprint density at radius 1 is 0.923 bits per heavy atom. The molecular formula is C21H29N3O2+2. The van der Waals surface area contributed by atoms with Gasteiger partial charge in [0.1, 0.15) is 32.7 Å². The number of allylic oxidation sites excluding steroid dienone is 2. The molecule has 1 aromatic rings. The van der Waals surface area contributed by atoms with Crippen LogP contribution in [0.15, 0.2) is 36.4 Å². The molecule has 0 unspecified atom stereocenters. The molecule has 5 heteroatoms. The number of benzene rings is 1. The van der Waals surface area contributed by atoms with Gasteiger partial charge in [-0.15, -0.1) is 0 Å². The van der Waals surface area contributed by atoms with Gasteiger partial charge in [0.05, 0.1) is 11.8 Å². The van der Waals surface area contributed by atoms with E-state index in [1.54, 1.807) is 9.80 Å². The lowest BCUT2D eigenvalue weighted by molar-refractivity contribution is -1.02. The van der Waals surface area contributed by atoms with Crippen molar-refractivity contribution in [2.45, 2.75) is 26.3 Å². The Bertz CT molecular complexity index is 696. The predicted molar refractivity (Wildman–Crippen MR) is 98.4 cm³/mol. The van der Waals surface area contributed by atoms with E-state index in [4.69, 9.17) is 0 Å². The van der Waals surface area contributed by atoms with Crippen molar-refractivity contribution in [1.29, 1.82) is 0 Å². The van der Waals surface area contributed by atoms with Crippen LogP contribution in [-0.2, 0) is 16.1 Å². The van der Waals surface area contributed by atoms with Gasteiger partial charge in [-0.05, 0) is 25.3 Å². The highest BCUT2D eigenvalue weighted by molar-refractivity contribution is 6.05. The minimum atomic E-state index is -0.0973. The zero-order valence-corrected chi connectivity index (χ0v) is 15.5. The molecule has 2 fully saturated rings. The van der Waals surface area contributed by atoms with E-state index in [0.29, 0.717) is 6.67 Å². The quantitative estimate of drug-likeness (QED) is 0.548. The molecule has 0 saturated carbocycles. The predicted octanol–water partition coefficient (Wildman–Crippen LogP) is -0.813. The maximum Gasteiger partial charge on any atom is 0.237 e. The molecule has 1 aromatic carbocycles. The van der Waals surface area contributed by atoms with Crippen molar-refractivity contribution in [2.75, 3.05) is 32.8 Å². The summed E-state index contributed by atoms with van der Waals surface area (Å²) in [7, 11) is 0. The highest BCUT2D eigenvalue weighted by Gasteiger charge is 2.48. The largest absolute Gasteiger partial charge is 0.322 e. The molecule has 0 radical (unpaired) electrons. The molecule has 4 rings (SSSR count). The van der Waals surface area contributed by atoms with Gasteiger partial charge in [-0.2, -0.15) is 0 Å². The zero-order chi connectivity index (χ0) is 18.1. The van der Waals surface area contributed by atoms with E-state index < -0.39 is 0 Å². The monoisotopic (exact) mass is 355 g/mol. The van der Waals surface area contributed by atoms with Gasteiger partial charge >= 0.3 is 0 Å². The van der Waals surface area contributed by atoms with Crippen LogP contribution < -0.4 is 9.80 Å². The van der Waals surface area contributed by atoms with E-state index in [-0.39, 0.29) is 23.7 Å². The highest BCUT2D eigenvalue weighted by atomic mass is 16.2. The van der Waals surface area contributed by atoms with Crippen LogP contribution in [0.2, 0.25) is 0 Å². The van der Waals surface area contributed by atoms with E-state index in [1.807, 2.05) is 0 Å². The molecule has 2 atom stereocenters. The topological polar surface area (TPSA) is 46.3 Å². The smallest absolute Gasteiger partial charge is 0.237 e. The highest BCUT2D eigenvalue weighted by Crippen LogP contribution is 2.34. The number of quaternary nitrogens is 2. The van der Waals surface area contributed by atoms with Gasteiger partial charge in [0.15, 0.2) is 6.67 Å². The van der Waals surface area contributed by atoms with Crippen LogP contribution in [0.1, 0.15) is 24.0 Å². The molecule has 0 bridgehead atoms. The van der Waals surface area contributed by atoms with Crippen molar-refractivity contribution in [2.24, 2.45) is 11.8 Å². The average molecular weight is 355 g/mol. The Morgan fingerprint density at radius 3 is 2.12 bits per heavy atom. The molecule has 0 aromatic heterocycles. The van der Waals surface area contributed by atoms with E-state index in [1.165, 1.54) is 16.0 Å². The number of likely N-dealkylation sites (tertiary alicyclic amines) is 1. The maximum atomic E-state index is 12.6. The third kappa shape index (κ3) is 3.33. The summed E-state index contributed by atoms with van der Waals surface area (Å²) in [6.07, 6.45) is 5.57. The lowest BCUT2D eigenvalue weighted by Crippen LogP contribution is -3.28. The fraction of sp³-hybridized carbons (Fsp3) is 0.524. The number of hydrogen-bond donors (Lipinski definition) is 2. The Balaban J connectivity index is 1.31. The van der Waals surface area contributed by atoms with Crippen LogP contribution in [0.5, 0.6) is 0 Å². The first-order valence-corrected chi connectivity index (χ1v) is 9.85. The number of rotatable bonds is 4. The molecular weight excluding hydrogens is 326 g/mol. The molecule has 2 aliphatic heterocycles. The second-order valence-corrected chi connectivity index (χ2v) is 8.02. The lowest BCUT2D eigenvalue weighted by atomic mass is 9.85. The molecule has 2 saturated heterocycles. The minimum absolute atomic E-state index is 0.0616. The first-order chi connectivity index (χ1) is 12.6. The number of nitrogens with one attached hydrogen (secondary N) is 2. The van der Waals surface area contributed by atoms with Crippen LogP contribution in [-0.4, -0.2) is 49.6 Å². The normalized spacial score (nSPS) is 31.3. The number of aryl methyl sites for hydroxylation is 1. The van der Waals surface area contributed by atoms with Crippen LogP contribution >= 0.6 is 0 Å². The standard InChI is InChI=1S/C21H27N3O2/c1-16-6-2-3-7-17(16)14-22-10-12-23(13-11-22)15-24-20(25)18-8-4-5-9-19(18)21(24)26/h2-7,18-19H,8-15H2,1H3/p+2/t18-,19+. The summed E-state index contributed by atoms with van der Waals surface area (Å²) >= 11 is 0. The third-order valence-corrected chi connectivity index (χ3v) is 6.35. The summed E-state index contributed by atoms with van der Waals surface area (Å²) in [5, 5.41) is 0. The Hall–Kier alpha value is -1.98. The summed E-state index contributed by atoms with van der Waals surface area (Å²) < 4.78 is 0. The van der Waals surface area contributed by atoms with E-state index in [2.05, 4.69) is 43.3 Å². The van der Waals surface area contributed by atoms with Crippen molar-refractivity contribution in [1.82, 2.24) is 4.90 Å². The summed E-state index contributed by atoms with van der Waals surface area (Å²) in [5.74, 6) is -0.0715. The van der Waals surface area contributed by atoms with Gasteiger partial charge in [-0.25, -0.2) is 4.90 Å². The second-order valence-electron chi connectivity index (χ2n) is 8.02. The number of carbonyl (C=O) groups excluding carboxylic acids is 2. The number of carbonyl (C=O) groups is 2. The number of piperazine rings is 1. The van der Waals surface area contributed by atoms with Crippen LogP contribution in [0, 0.1) is 18.8 Å². The van der Waals surface area contributed by atoms with Crippen molar-refractivity contribution < 1.29 is 19.4 Å². The van der Waals surface area contributed by atoms with E-state index in [0.717, 1.165) is 45.6 Å². The van der Waals surface area contributed by atoms with Gasteiger partial charge in [0.2, 0.25) is 11.8 Å². The number of imide groups is 1. The summed E-state index contributed by atoms with van der Waals surface area (Å²) in [6.45, 7) is 8.02. The summed E-state index contributed by atoms with van der Waals surface area (Å²) in [5.41, 5.74) is 2.78. The molecule has 5 nitrogen and oxygen atoms in total. The zero-order valence-electron chi connectivity index (χ0n) is 15.5. The van der Waals surface area contributed by atoms with Gasteiger partial charge in [-0.1, -0.05) is 36.4 Å². The number of fused-ring (bicyclic) bond motifs is 1. The minimum Gasteiger partial charge on any atom is -0.322 e. The van der Waals surface area contributed by atoms with Crippen molar-refractivity contribution in [3.8, 4) is 0 Å². The third-order valence-electron chi connectivity index (χ3n) is 6.35. The molecule has 2 heterocycles. The van der Waals surface area contributed by atoms with Gasteiger partial charge in [0.25, 0.3) is 0 Å². The van der Waals surface area contributed by atoms with Crippen molar-refractivity contribution >= 4 is 11.8 Å². The van der Waals surface area contributed by atoms with Crippen molar-refractivity contribution in [3.63, 3.8) is 0 Å². The van der Waals surface area contributed by atoms with Gasteiger partial charge in [0, 0.05) is 5.56 Å². The molecule has 138 valence electrons. The SMILES string of the molecule is Cc1ccccc1C[NH+]1CC[NH+](CN2C(=O)[C@H]3CC=CC[C@H]3C2=O)CC1.